The van der Waals surface area contributed by atoms with E-state index in [0.717, 1.165) is 11.3 Å². The van der Waals surface area contributed by atoms with Gasteiger partial charge in [-0.25, -0.2) is 0 Å². The second-order valence-corrected chi connectivity index (χ2v) is 3.58. The van der Waals surface area contributed by atoms with Gasteiger partial charge < -0.3 is 9.84 Å². The molecule has 0 saturated heterocycles. The van der Waals surface area contributed by atoms with Crippen molar-refractivity contribution in [1.82, 2.24) is 0 Å². The van der Waals surface area contributed by atoms with Gasteiger partial charge in [0.15, 0.2) is 0 Å². The minimum Gasteiger partial charge on any atom is -0.507 e. The summed E-state index contributed by atoms with van der Waals surface area (Å²) in [5, 5.41) is 9.76. The molecule has 1 heterocycles. The fourth-order valence-electron chi connectivity index (χ4n) is 2.07. The van der Waals surface area contributed by atoms with E-state index in [9.17, 15) is 5.11 Å². The number of ether oxygens (including phenoxy) is 1. The van der Waals surface area contributed by atoms with Gasteiger partial charge in [-0.3, -0.25) is 0 Å². The van der Waals surface area contributed by atoms with Crippen LogP contribution in [0.4, 0.5) is 0 Å². The normalized spacial score (nSPS) is 22.3. The highest BCUT2D eigenvalue weighted by Crippen LogP contribution is 2.44. The highest BCUT2D eigenvalue weighted by atomic mass is 16.5. The maximum atomic E-state index is 9.76. The number of aromatic hydroxyl groups is 1. The van der Waals surface area contributed by atoms with E-state index in [1.54, 1.807) is 6.07 Å². The van der Waals surface area contributed by atoms with Gasteiger partial charge in [-0.1, -0.05) is 24.3 Å². The first-order chi connectivity index (χ1) is 6.86. The Morgan fingerprint density at radius 1 is 1.36 bits per heavy atom. The molecule has 0 saturated carbocycles. The van der Waals surface area contributed by atoms with Gasteiger partial charge in [-0.05, 0) is 17.7 Å². The third-order valence-electron chi connectivity index (χ3n) is 2.76. The van der Waals surface area contributed by atoms with E-state index in [0.29, 0.717) is 12.4 Å². The van der Waals surface area contributed by atoms with E-state index in [1.165, 1.54) is 5.57 Å². The Bertz CT molecular complexity index is 444. The fourth-order valence-corrected chi connectivity index (χ4v) is 2.07. The second kappa shape index (κ2) is 2.64. The van der Waals surface area contributed by atoms with E-state index in [2.05, 4.69) is 12.2 Å². The van der Waals surface area contributed by atoms with Crippen LogP contribution in [0, 0.1) is 0 Å². The van der Waals surface area contributed by atoms with Crippen LogP contribution >= 0.6 is 0 Å². The summed E-state index contributed by atoms with van der Waals surface area (Å²) in [5.41, 5.74) is 2.12. The SMILES string of the molecule is Oc1cccc2c1C1C=CC=C1CO2. The van der Waals surface area contributed by atoms with E-state index in [1.807, 2.05) is 18.2 Å². The maximum Gasteiger partial charge on any atom is 0.127 e. The van der Waals surface area contributed by atoms with Gasteiger partial charge in [0.1, 0.15) is 18.1 Å². The van der Waals surface area contributed by atoms with Crippen LogP contribution in [0.5, 0.6) is 11.5 Å². The molecule has 2 nitrogen and oxygen atoms in total. The molecule has 0 aromatic heterocycles. The molecule has 1 aliphatic heterocycles. The number of fused-ring (bicyclic) bond motifs is 3. The quantitative estimate of drug-likeness (QED) is 0.674. The van der Waals surface area contributed by atoms with Crippen molar-refractivity contribution in [2.24, 2.45) is 0 Å². The van der Waals surface area contributed by atoms with Crippen LogP contribution in [-0.4, -0.2) is 11.7 Å². The average Bonchev–Trinajstić information content (AvgIpc) is 2.65. The smallest absolute Gasteiger partial charge is 0.127 e. The van der Waals surface area contributed by atoms with E-state index in [-0.39, 0.29) is 5.92 Å². The molecule has 1 atom stereocenters. The minimum absolute atomic E-state index is 0.222. The van der Waals surface area contributed by atoms with Gasteiger partial charge in [0.25, 0.3) is 0 Å². The standard InChI is InChI=1S/C12H10O2/c13-10-5-2-6-11-12(10)9-4-1-3-8(9)7-14-11/h1-6,9,13H,7H2. The molecular weight excluding hydrogens is 176 g/mol. The van der Waals surface area contributed by atoms with Crippen LogP contribution in [0.15, 0.2) is 42.0 Å². The maximum absolute atomic E-state index is 9.76. The molecule has 1 unspecified atom stereocenters. The third-order valence-corrected chi connectivity index (χ3v) is 2.76. The number of allylic oxidation sites excluding steroid dienone is 3. The summed E-state index contributed by atoms with van der Waals surface area (Å²) < 4.78 is 5.55. The first-order valence-corrected chi connectivity index (χ1v) is 4.68. The van der Waals surface area contributed by atoms with Crippen molar-refractivity contribution < 1.29 is 9.84 Å². The fraction of sp³-hybridized carbons (Fsp3) is 0.167. The molecule has 0 spiro atoms. The molecular formula is C12H10O2. The van der Waals surface area contributed by atoms with E-state index in [4.69, 9.17) is 4.74 Å². The zero-order valence-corrected chi connectivity index (χ0v) is 7.60. The topological polar surface area (TPSA) is 29.5 Å². The Labute approximate surface area is 82.1 Å². The van der Waals surface area contributed by atoms with Crippen LogP contribution in [0.2, 0.25) is 0 Å². The number of hydrogen-bond donors (Lipinski definition) is 1. The molecule has 1 aromatic carbocycles. The third kappa shape index (κ3) is 0.909. The number of benzene rings is 1. The molecule has 0 fully saturated rings. The van der Waals surface area contributed by atoms with Crippen molar-refractivity contribution in [3.05, 3.63) is 47.6 Å². The predicted molar refractivity (Wildman–Crippen MR) is 53.6 cm³/mol. The summed E-state index contributed by atoms with van der Waals surface area (Å²) in [4.78, 5) is 0. The number of rotatable bonds is 0. The van der Waals surface area contributed by atoms with Crippen molar-refractivity contribution in [3.8, 4) is 11.5 Å². The molecule has 3 rings (SSSR count). The Balaban J connectivity index is 2.22. The Morgan fingerprint density at radius 3 is 3.21 bits per heavy atom. The van der Waals surface area contributed by atoms with Gasteiger partial charge >= 0.3 is 0 Å². The Morgan fingerprint density at radius 2 is 2.29 bits per heavy atom. The molecule has 2 aliphatic rings. The zero-order valence-electron chi connectivity index (χ0n) is 7.60. The lowest BCUT2D eigenvalue weighted by Gasteiger charge is -2.25. The van der Waals surface area contributed by atoms with Crippen LogP contribution in [0.1, 0.15) is 11.5 Å². The highest BCUT2D eigenvalue weighted by Gasteiger charge is 2.28. The number of phenolic OH excluding ortho intramolecular Hbond substituents is 1. The molecule has 0 amide bonds. The van der Waals surface area contributed by atoms with Gasteiger partial charge in [-0.2, -0.15) is 0 Å². The molecule has 14 heavy (non-hydrogen) atoms. The predicted octanol–water partition coefficient (Wildman–Crippen LogP) is 2.36. The number of hydrogen-bond acceptors (Lipinski definition) is 2. The van der Waals surface area contributed by atoms with Crippen molar-refractivity contribution in [3.63, 3.8) is 0 Å². The van der Waals surface area contributed by atoms with Gasteiger partial charge in [0.2, 0.25) is 0 Å². The Hall–Kier alpha value is -1.70. The lowest BCUT2D eigenvalue weighted by molar-refractivity contribution is 0.321. The first kappa shape index (κ1) is 7.68. The van der Waals surface area contributed by atoms with E-state index >= 15 is 0 Å². The van der Waals surface area contributed by atoms with Crippen LogP contribution in [0.25, 0.3) is 0 Å². The monoisotopic (exact) mass is 186 g/mol. The minimum atomic E-state index is 0.222. The molecule has 2 heteroatoms. The van der Waals surface area contributed by atoms with Crippen LogP contribution in [0.3, 0.4) is 0 Å². The molecule has 0 radical (unpaired) electrons. The van der Waals surface area contributed by atoms with Crippen molar-refractivity contribution in [1.29, 1.82) is 0 Å². The van der Waals surface area contributed by atoms with Crippen LogP contribution in [-0.2, 0) is 0 Å². The second-order valence-electron chi connectivity index (χ2n) is 3.58. The summed E-state index contributed by atoms with van der Waals surface area (Å²) in [6.45, 7) is 0.633. The zero-order chi connectivity index (χ0) is 9.54. The largest absolute Gasteiger partial charge is 0.507 e. The first-order valence-electron chi connectivity index (χ1n) is 4.68. The Kier molecular flexibility index (Phi) is 1.45. The van der Waals surface area contributed by atoms with Crippen LogP contribution < -0.4 is 4.74 Å². The van der Waals surface area contributed by atoms with Crippen molar-refractivity contribution in [2.75, 3.05) is 6.61 Å². The van der Waals surface area contributed by atoms with Gasteiger partial charge in [0, 0.05) is 11.5 Å². The summed E-state index contributed by atoms with van der Waals surface area (Å²) in [5.74, 6) is 1.35. The molecule has 1 N–H and O–H groups in total. The highest BCUT2D eigenvalue weighted by molar-refractivity contribution is 5.56. The molecule has 1 aliphatic carbocycles. The van der Waals surface area contributed by atoms with E-state index < -0.39 is 0 Å². The van der Waals surface area contributed by atoms with Gasteiger partial charge in [-0.15, -0.1) is 0 Å². The molecule has 0 bridgehead atoms. The summed E-state index contributed by atoms with van der Waals surface area (Å²) in [6.07, 6.45) is 6.17. The molecule has 70 valence electrons. The van der Waals surface area contributed by atoms with Crippen molar-refractivity contribution in [2.45, 2.75) is 5.92 Å². The lowest BCUT2D eigenvalue weighted by Crippen LogP contribution is -2.14. The van der Waals surface area contributed by atoms with Gasteiger partial charge in [0.05, 0.1) is 0 Å². The number of phenols is 1. The van der Waals surface area contributed by atoms with Crippen molar-refractivity contribution >= 4 is 0 Å². The summed E-state index contributed by atoms with van der Waals surface area (Å²) in [6, 6.07) is 5.41. The summed E-state index contributed by atoms with van der Waals surface area (Å²) >= 11 is 0. The lowest BCUT2D eigenvalue weighted by atomic mass is 9.91. The average molecular weight is 186 g/mol. The molecule has 1 aromatic rings. The summed E-state index contributed by atoms with van der Waals surface area (Å²) in [7, 11) is 0.